The fourth-order valence-electron chi connectivity index (χ4n) is 3.78. The molecule has 0 aromatic heterocycles. The fraction of sp³-hybridized carbons (Fsp3) is 0.478. The van der Waals surface area contributed by atoms with Crippen LogP contribution in [-0.2, 0) is 0 Å². The highest BCUT2D eigenvalue weighted by molar-refractivity contribution is 5.87. The quantitative estimate of drug-likeness (QED) is 0.498. The Morgan fingerprint density at radius 1 is 1.00 bits per heavy atom. The van der Waals surface area contributed by atoms with Crippen molar-refractivity contribution < 1.29 is 4.74 Å². The van der Waals surface area contributed by atoms with Gasteiger partial charge in [-0.05, 0) is 72.2 Å². The molecule has 0 saturated heterocycles. The number of hydrogen-bond acceptors (Lipinski definition) is 1. The molecule has 24 heavy (non-hydrogen) atoms. The Bertz CT molecular complexity index is 698. The Morgan fingerprint density at radius 2 is 1.83 bits per heavy atom. The summed E-state index contributed by atoms with van der Waals surface area (Å²) in [5.74, 6) is 1.87. The van der Waals surface area contributed by atoms with Gasteiger partial charge in [-0.3, -0.25) is 0 Å². The molecule has 2 aromatic rings. The lowest BCUT2D eigenvalue weighted by molar-refractivity contribution is 0.341. The third kappa shape index (κ3) is 4.20. The van der Waals surface area contributed by atoms with Gasteiger partial charge in [-0.2, -0.15) is 0 Å². The maximum Gasteiger partial charge on any atom is 0.119 e. The minimum atomic E-state index is 0.718. The van der Waals surface area contributed by atoms with Crippen molar-refractivity contribution in [2.24, 2.45) is 5.92 Å². The number of benzene rings is 2. The van der Waals surface area contributed by atoms with Crippen LogP contribution in [0.2, 0.25) is 0 Å². The van der Waals surface area contributed by atoms with Gasteiger partial charge in [-0.15, -0.1) is 0 Å². The molecular formula is C23H30O. The van der Waals surface area contributed by atoms with Gasteiger partial charge in [0.05, 0.1) is 6.61 Å². The van der Waals surface area contributed by atoms with Crippen LogP contribution in [0, 0.1) is 5.92 Å². The highest BCUT2D eigenvalue weighted by Gasteiger charge is 2.15. The summed E-state index contributed by atoms with van der Waals surface area (Å²) in [6, 6.07) is 13.3. The van der Waals surface area contributed by atoms with E-state index in [0.29, 0.717) is 0 Å². The van der Waals surface area contributed by atoms with Crippen molar-refractivity contribution in [2.75, 3.05) is 6.61 Å². The zero-order valence-corrected chi connectivity index (χ0v) is 15.2. The molecule has 0 N–H and O–H groups in total. The molecule has 1 unspecified atom stereocenters. The van der Waals surface area contributed by atoms with E-state index >= 15 is 0 Å². The Hall–Kier alpha value is -1.76. The van der Waals surface area contributed by atoms with E-state index in [-0.39, 0.29) is 0 Å². The van der Waals surface area contributed by atoms with Gasteiger partial charge in [0.25, 0.3) is 0 Å². The molecule has 128 valence electrons. The van der Waals surface area contributed by atoms with Crippen LogP contribution in [0.15, 0.2) is 42.5 Å². The second-order valence-electron chi connectivity index (χ2n) is 7.02. The molecule has 1 aliphatic carbocycles. The third-order valence-electron chi connectivity index (χ3n) is 5.23. The Morgan fingerprint density at radius 3 is 2.58 bits per heavy atom. The minimum absolute atomic E-state index is 0.718. The fourth-order valence-corrected chi connectivity index (χ4v) is 3.78. The highest BCUT2D eigenvalue weighted by Crippen LogP contribution is 2.34. The topological polar surface area (TPSA) is 9.23 Å². The summed E-state index contributed by atoms with van der Waals surface area (Å²) in [6.45, 7) is 5.03. The molecule has 0 amide bonds. The molecule has 0 spiro atoms. The lowest BCUT2D eigenvalue weighted by Crippen LogP contribution is -2.05. The van der Waals surface area contributed by atoms with Crippen LogP contribution in [0.4, 0.5) is 0 Å². The highest BCUT2D eigenvalue weighted by atomic mass is 16.5. The van der Waals surface area contributed by atoms with Crippen LogP contribution in [0.3, 0.4) is 0 Å². The van der Waals surface area contributed by atoms with Crippen molar-refractivity contribution in [3.63, 3.8) is 0 Å². The lowest BCUT2D eigenvalue weighted by atomic mass is 9.83. The molecule has 0 heterocycles. The van der Waals surface area contributed by atoms with Crippen LogP contribution in [0.5, 0.6) is 5.75 Å². The molecule has 0 aliphatic heterocycles. The van der Waals surface area contributed by atoms with Gasteiger partial charge in [-0.1, -0.05) is 56.9 Å². The molecule has 1 atom stereocenters. The number of ether oxygens (including phenoxy) is 1. The number of unbranched alkanes of at least 4 members (excludes halogenated alkanes) is 2. The van der Waals surface area contributed by atoms with E-state index in [2.05, 4.69) is 49.4 Å². The summed E-state index contributed by atoms with van der Waals surface area (Å²) in [6.07, 6.45) is 11.9. The van der Waals surface area contributed by atoms with Crippen molar-refractivity contribution in [3.05, 3.63) is 48.0 Å². The number of rotatable bonds is 7. The second-order valence-corrected chi connectivity index (χ2v) is 7.02. The molecule has 3 rings (SSSR count). The molecule has 0 saturated carbocycles. The van der Waals surface area contributed by atoms with Crippen LogP contribution in [0.1, 0.15) is 64.4 Å². The van der Waals surface area contributed by atoms with Crippen LogP contribution >= 0.6 is 0 Å². The van der Waals surface area contributed by atoms with Crippen molar-refractivity contribution in [3.8, 4) is 5.75 Å². The molecule has 0 radical (unpaired) electrons. The average molecular weight is 322 g/mol. The van der Waals surface area contributed by atoms with Crippen LogP contribution in [0.25, 0.3) is 16.3 Å². The molecule has 1 aliphatic rings. The third-order valence-corrected chi connectivity index (χ3v) is 5.23. The van der Waals surface area contributed by atoms with E-state index in [4.69, 9.17) is 4.74 Å². The second kappa shape index (κ2) is 8.37. The maximum atomic E-state index is 5.60. The van der Waals surface area contributed by atoms with Crippen molar-refractivity contribution >= 4 is 16.3 Å². The van der Waals surface area contributed by atoms with Gasteiger partial charge in [0, 0.05) is 0 Å². The Balaban J connectivity index is 1.70. The SMILES string of the molecule is CCCCCC1CC=C(c2ccc3cc(OCC)ccc3c2)CC1. The first-order chi connectivity index (χ1) is 11.8. The first kappa shape index (κ1) is 17.1. The normalized spacial score (nSPS) is 17.8. The lowest BCUT2D eigenvalue weighted by Gasteiger charge is -2.22. The zero-order valence-electron chi connectivity index (χ0n) is 15.2. The van der Waals surface area contributed by atoms with Gasteiger partial charge in [0.15, 0.2) is 0 Å². The monoisotopic (exact) mass is 322 g/mol. The van der Waals surface area contributed by atoms with Gasteiger partial charge in [0.1, 0.15) is 5.75 Å². The Labute approximate surface area is 146 Å². The van der Waals surface area contributed by atoms with E-state index in [1.54, 1.807) is 0 Å². The van der Waals surface area contributed by atoms with Crippen molar-refractivity contribution in [1.29, 1.82) is 0 Å². The van der Waals surface area contributed by atoms with Crippen LogP contribution in [-0.4, -0.2) is 6.61 Å². The molecule has 0 fully saturated rings. The smallest absolute Gasteiger partial charge is 0.119 e. The number of fused-ring (bicyclic) bond motifs is 1. The average Bonchev–Trinajstić information content (AvgIpc) is 2.62. The zero-order chi connectivity index (χ0) is 16.8. The Kier molecular flexibility index (Phi) is 5.96. The van der Waals surface area contributed by atoms with E-state index in [1.807, 2.05) is 6.92 Å². The first-order valence-corrected chi connectivity index (χ1v) is 9.66. The maximum absolute atomic E-state index is 5.60. The number of hydrogen-bond donors (Lipinski definition) is 0. The molecule has 1 nitrogen and oxygen atoms in total. The summed E-state index contributed by atoms with van der Waals surface area (Å²) < 4.78 is 5.60. The van der Waals surface area contributed by atoms with E-state index < -0.39 is 0 Å². The summed E-state index contributed by atoms with van der Waals surface area (Å²) in [4.78, 5) is 0. The standard InChI is InChI=1S/C23H30O/c1-3-5-6-7-18-8-10-19(11-9-18)20-12-13-22-17-23(24-4-2)15-14-21(22)16-20/h10,12-18H,3-9,11H2,1-2H3. The van der Waals surface area contributed by atoms with Gasteiger partial charge in [-0.25, -0.2) is 0 Å². The molecule has 0 bridgehead atoms. The summed E-state index contributed by atoms with van der Waals surface area (Å²) in [7, 11) is 0. The van der Waals surface area contributed by atoms with Crippen LogP contribution < -0.4 is 4.74 Å². The first-order valence-electron chi connectivity index (χ1n) is 9.66. The van der Waals surface area contributed by atoms with Gasteiger partial charge >= 0.3 is 0 Å². The summed E-state index contributed by atoms with van der Waals surface area (Å²) in [5, 5.41) is 2.57. The summed E-state index contributed by atoms with van der Waals surface area (Å²) >= 11 is 0. The van der Waals surface area contributed by atoms with E-state index in [1.165, 1.54) is 66.9 Å². The largest absolute Gasteiger partial charge is 0.494 e. The molecular weight excluding hydrogens is 292 g/mol. The van der Waals surface area contributed by atoms with Crippen molar-refractivity contribution in [2.45, 2.75) is 58.8 Å². The van der Waals surface area contributed by atoms with E-state index in [9.17, 15) is 0 Å². The predicted molar refractivity (Wildman–Crippen MR) is 105 cm³/mol. The van der Waals surface area contributed by atoms with Gasteiger partial charge in [0.2, 0.25) is 0 Å². The summed E-state index contributed by atoms with van der Waals surface area (Å²) in [5.41, 5.74) is 2.94. The van der Waals surface area contributed by atoms with E-state index in [0.717, 1.165) is 18.3 Å². The van der Waals surface area contributed by atoms with Crippen molar-refractivity contribution in [1.82, 2.24) is 0 Å². The predicted octanol–water partition coefficient (Wildman–Crippen LogP) is 7.00. The minimum Gasteiger partial charge on any atom is -0.494 e. The molecule has 1 heteroatoms. The van der Waals surface area contributed by atoms with Gasteiger partial charge < -0.3 is 4.74 Å². The number of allylic oxidation sites excluding steroid dienone is 2. The molecule has 2 aromatic carbocycles.